The molecule has 2 aromatic rings. The topological polar surface area (TPSA) is 26.0 Å². The van der Waals surface area contributed by atoms with Crippen LogP contribution < -0.4 is 5.73 Å². The zero-order chi connectivity index (χ0) is 12.4. The van der Waals surface area contributed by atoms with Crippen LogP contribution in [-0.2, 0) is 6.42 Å². The van der Waals surface area contributed by atoms with Gasteiger partial charge in [-0.25, -0.2) is 4.39 Å². The normalized spacial score (nSPS) is 12.7. The molecule has 0 aliphatic heterocycles. The van der Waals surface area contributed by atoms with Crippen molar-refractivity contribution in [1.82, 2.24) is 0 Å². The second-order valence-electron chi connectivity index (χ2n) is 4.03. The Morgan fingerprint density at radius 3 is 2.76 bits per heavy atom. The SMILES string of the molecule is Cc1ccc(C(N)Cc2sccc2Cl)c(F)c1. The van der Waals surface area contributed by atoms with Gasteiger partial charge in [0, 0.05) is 22.9 Å². The fourth-order valence-corrected chi connectivity index (χ4v) is 2.89. The zero-order valence-corrected chi connectivity index (χ0v) is 11.0. The minimum atomic E-state index is -0.355. The summed E-state index contributed by atoms with van der Waals surface area (Å²) < 4.78 is 13.7. The van der Waals surface area contributed by atoms with Crippen LogP contribution in [0.3, 0.4) is 0 Å². The maximum absolute atomic E-state index is 13.7. The number of hydrogen-bond acceptors (Lipinski definition) is 2. The van der Waals surface area contributed by atoms with Crippen LogP contribution in [0.15, 0.2) is 29.6 Å². The van der Waals surface area contributed by atoms with Crippen molar-refractivity contribution in [2.24, 2.45) is 5.73 Å². The van der Waals surface area contributed by atoms with E-state index in [1.165, 1.54) is 6.07 Å². The molecular formula is C13H13ClFNS. The summed E-state index contributed by atoms with van der Waals surface area (Å²) in [7, 11) is 0. The molecule has 1 unspecified atom stereocenters. The first-order valence-corrected chi connectivity index (χ1v) is 6.57. The first kappa shape index (κ1) is 12.6. The lowest BCUT2D eigenvalue weighted by molar-refractivity contribution is 0.580. The average Bonchev–Trinajstić information content (AvgIpc) is 2.64. The van der Waals surface area contributed by atoms with Crippen LogP contribution in [0, 0.1) is 12.7 Å². The van der Waals surface area contributed by atoms with Gasteiger partial charge in [0.25, 0.3) is 0 Å². The molecule has 0 saturated carbocycles. The largest absolute Gasteiger partial charge is 0.324 e. The molecule has 0 radical (unpaired) electrons. The average molecular weight is 270 g/mol. The third-order valence-electron chi connectivity index (χ3n) is 2.65. The number of aryl methyl sites for hydroxylation is 1. The van der Waals surface area contributed by atoms with Crippen molar-refractivity contribution < 1.29 is 4.39 Å². The Labute approximate surface area is 109 Å². The number of rotatable bonds is 3. The third-order valence-corrected chi connectivity index (χ3v) is 4.06. The number of nitrogens with two attached hydrogens (primary N) is 1. The van der Waals surface area contributed by atoms with Gasteiger partial charge in [0.1, 0.15) is 5.82 Å². The van der Waals surface area contributed by atoms with Gasteiger partial charge in [-0.15, -0.1) is 11.3 Å². The lowest BCUT2D eigenvalue weighted by Gasteiger charge is -2.12. The van der Waals surface area contributed by atoms with Gasteiger partial charge in [0.05, 0.1) is 5.02 Å². The van der Waals surface area contributed by atoms with Crippen molar-refractivity contribution in [3.63, 3.8) is 0 Å². The summed E-state index contributed by atoms with van der Waals surface area (Å²) in [5.41, 5.74) is 7.45. The van der Waals surface area contributed by atoms with Crippen LogP contribution in [0.4, 0.5) is 4.39 Å². The molecular weight excluding hydrogens is 257 g/mol. The van der Waals surface area contributed by atoms with E-state index in [-0.39, 0.29) is 11.9 Å². The molecule has 0 aliphatic rings. The molecule has 0 spiro atoms. The smallest absolute Gasteiger partial charge is 0.128 e. The van der Waals surface area contributed by atoms with Gasteiger partial charge in [0.2, 0.25) is 0 Å². The van der Waals surface area contributed by atoms with Gasteiger partial charge in [-0.05, 0) is 30.0 Å². The second kappa shape index (κ2) is 5.17. The standard InChI is InChI=1S/C13H13ClFNS/c1-8-2-3-9(11(15)6-8)12(16)7-13-10(14)4-5-17-13/h2-6,12H,7,16H2,1H3. The fourth-order valence-electron chi connectivity index (χ4n) is 1.71. The summed E-state index contributed by atoms with van der Waals surface area (Å²) in [5.74, 6) is -0.245. The molecule has 4 heteroatoms. The Hall–Kier alpha value is -0.900. The predicted molar refractivity (Wildman–Crippen MR) is 71.1 cm³/mol. The molecule has 2 N–H and O–H groups in total. The van der Waals surface area contributed by atoms with Crippen LogP contribution in [0.1, 0.15) is 22.0 Å². The molecule has 0 bridgehead atoms. The molecule has 1 heterocycles. The van der Waals surface area contributed by atoms with E-state index < -0.39 is 0 Å². The molecule has 0 aliphatic carbocycles. The first-order chi connectivity index (χ1) is 8.08. The van der Waals surface area contributed by atoms with E-state index in [0.29, 0.717) is 17.0 Å². The van der Waals surface area contributed by atoms with Crippen molar-refractivity contribution in [2.45, 2.75) is 19.4 Å². The summed E-state index contributed by atoms with van der Waals surface area (Å²) in [4.78, 5) is 0.999. The fraction of sp³-hybridized carbons (Fsp3) is 0.231. The maximum Gasteiger partial charge on any atom is 0.128 e. The summed E-state index contributed by atoms with van der Waals surface area (Å²) in [6.07, 6.45) is 0.566. The van der Waals surface area contributed by atoms with E-state index in [9.17, 15) is 4.39 Å². The zero-order valence-electron chi connectivity index (χ0n) is 9.41. The highest BCUT2D eigenvalue weighted by molar-refractivity contribution is 7.10. The van der Waals surface area contributed by atoms with Crippen molar-refractivity contribution in [3.8, 4) is 0 Å². The molecule has 0 amide bonds. The predicted octanol–water partition coefficient (Wildman–Crippen LogP) is 4.09. The van der Waals surface area contributed by atoms with Gasteiger partial charge < -0.3 is 5.73 Å². The Bertz CT molecular complexity index is 524. The molecule has 2 rings (SSSR count). The van der Waals surface area contributed by atoms with E-state index in [4.69, 9.17) is 17.3 Å². The second-order valence-corrected chi connectivity index (χ2v) is 5.44. The highest BCUT2D eigenvalue weighted by atomic mass is 35.5. The number of thiophene rings is 1. The van der Waals surface area contributed by atoms with E-state index >= 15 is 0 Å². The Balaban J connectivity index is 2.20. The molecule has 1 atom stereocenters. The summed E-state index contributed by atoms with van der Waals surface area (Å²) >= 11 is 7.54. The van der Waals surface area contributed by atoms with Crippen molar-refractivity contribution >= 4 is 22.9 Å². The molecule has 0 saturated heterocycles. The van der Waals surface area contributed by atoms with Crippen LogP contribution in [0.2, 0.25) is 5.02 Å². The monoisotopic (exact) mass is 269 g/mol. The number of benzene rings is 1. The van der Waals surface area contributed by atoms with E-state index in [1.807, 2.05) is 24.4 Å². The maximum atomic E-state index is 13.7. The van der Waals surface area contributed by atoms with Crippen LogP contribution in [-0.4, -0.2) is 0 Å². The van der Waals surface area contributed by atoms with Crippen molar-refractivity contribution in [3.05, 3.63) is 56.5 Å². The quantitative estimate of drug-likeness (QED) is 0.892. The number of hydrogen-bond donors (Lipinski definition) is 1. The van der Waals surface area contributed by atoms with Crippen molar-refractivity contribution in [2.75, 3.05) is 0 Å². The van der Waals surface area contributed by atoms with Gasteiger partial charge in [-0.2, -0.15) is 0 Å². The Kier molecular flexibility index (Phi) is 3.82. The minimum absolute atomic E-state index is 0.245. The Morgan fingerprint density at radius 1 is 1.41 bits per heavy atom. The van der Waals surface area contributed by atoms with Gasteiger partial charge >= 0.3 is 0 Å². The summed E-state index contributed by atoms with van der Waals surface area (Å²) in [6, 6.07) is 6.60. The first-order valence-electron chi connectivity index (χ1n) is 5.31. The van der Waals surface area contributed by atoms with E-state index in [1.54, 1.807) is 17.4 Å². The molecule has 17 heavy (non-hydrogen) atoms. The molecule has 1 aromatic carbocycles. The van der Waals surface area contributed by atoms with Gasteiger partial charge in [0.15, 0.2) is 0 Å². The van der Waals surface area contributed by atoms with Crippen molar-refractivity contribution in [1.29, 1.82) is 0 Å². The minimum Gasteiger partial charge on any atom is -0.324 e. The van der Waals surface area contributed by atoms with Gasteiger partial charge in [-0.1, -0.05) is 23.7 Å². The summed E-state index contributed by atoms with van der Waals surface area (Å²) in [6.45, 7) is 1.86. The molecule has 1 nitrogen and oxygen atoms in total. The highest BCUT2D eigenvalue weighted by Gasteiger charge is 2.14. The van der Waals surface area contributed by atoms with E-state index in [2.05, 4.69) is 0 Å². The summed E-state index contributed by atoms with van der Waals surface area (Å²) in [5, 5.41) is 2.62. The molecule has 90 valence electrons. The van der Waals surface area contributed by atoms with Crippen LogP contribution >= 0.6 is 22.9 Å². The lowest BCUT2D eigenvalue weighted by Crippen LogP contribution is -2.14. The Morgan fingerprint density at radius 2 is 2.18 bits per heavy atom. The highest BCUT2D eigenvalue weighted by Crippen LogP contribution is 2.27. The van der Waals surface area contributed by atoms with Crippen LogP contribution in [0.25, 0.3) is 0 Å². The number of halogens is 2. The lowest BCUT2D eigenvalue weighted by atomic mass is 10.0. The van der Waals surface area contributed by atoms with E-state index in [0.717, 1.165) is 10.4 Å². The van der Waals surface area contributed by atoms with Gasteiger partial charge in [-0.3, -0.25) is 0 Å². The molecule has 0 fully saturated rings. The van der Waals surface area contributed by atoms with Crippen LogP contribution in [0.5, 0.6) is 0 Å². The molecule has 1 aromatic heterocycles. The third kappa shape index (κ3) is 2.86.